The van der Waals surface area contributed by atoms with Crippen LogP contribution in [-0.4, -0.2) is 10.1 Å². The van der Waals surface area contributed by atoms with Crippen LogP contribution in [0.25, 0.3) is 17.0 Å². The molecule has 0 saturated carbocycles. The molecule has 2 heteroatoms. The lowest BCUT2D eigenvalue weighted by molar-refractivity contribution is 0.472. The summed E-state index contributed by atoms with van der Waals surface area (Å²) in [5, 5.41) is 10.8. The average molecular weight is 201 g/mol. The van der Waals surface area contributed by atoms with Crippen molar-refractivity contribution < 1.29 is 5.11 Å². The molecule has 0 aliphatic carbocycles. The first-order valence-corrected chi connectivity index (χ1v) is 5.08. The zero-order chi connectivity index (χ0) is 11.0. The largest absolute Gasteiger partial charge is 0.508 e. The van der Waals surface area contributed by atoms with Gasteiger partial charge in [0.15, 0.2) is 0 Å². The fraction of sp³-hybridized carbons (Fsp3) is 0.231. The smallest absolute Gasteiger partial charge is 0.120 e. The lowest BCUT2D eigenvalue weighted by atomic mass is 10.1. The molecule has 2 nitrogen and oxygen atoms in total. The Balaban J connectivity index is 2.77. The van der Waals surface area contributed by atoms with Gasteiger partial charge in [0.05, 0.1) is 0 Å². The zero-order valence-electron chi connectivity index (χ0n) is 9.26. The first-order chi connectivity index (χ1) is 7.13. The maximum atomic E-state index is 9.61. The van der Waals surface area contributed by atoms with Crippen molar-refractivity contribution in [2.75, 3.05) is 0 Å². The fourth-order valence-electron chi connectivity index (χ4n) is 1.83. The highest BCUT2D eigenvalue weighted by Gasteiger charge is 2.07. The number of rotatable bonds is 1. The monoisotopic (exact) mass is 201 g/mol. The molecule has 2 aromatic rings. The van der Waals surface area contributed by atoms with Crippen LogP contribution < -0.4 is 0 Å². The van der Waals surface area contributed by atoms with Gasteiger partial charge < -0.3 is 10.1 Å². The average Bonchev–Trinajstić information content (AvgIpc) is 2.47. The van der Waals surface area contributed by atoms with Crippen LogP contribution in [0.3, 0.4) is 0 Å². The lowest BCUT2D eigenvalue weighted by Crippen LogP contribution is -1.75. The number of aromatic hydroxyl groups is 1. The highest BCUT2D eigenvalue weighted by molar-refractivity contribution is 5.88. The Morgan fingerprint density at radius 1 is 1.27 bits per heavy atom. The molecule has 0 amide bonds. The summed E-state index contributed by atoms with van der Waals surface area (Å²) in [6.07, 6.45) is 4.05. The summed E-state index contributed by atoms with van der Waals surface area (Å²) < 4.78 is 0. The van der Waals surface area contributed by atoms with E-state index in [0.717, 1.165) is 16.8 Å². The second kappa shape index (κ2) is 3.46. The minimum absolute atomic E-state index is 0.343. The van der Waals surface area contributed by atoms with Crippen molar-refractivity contribution in [2.45, 2.75) is 20.8 Å². The number of phenols is 1. The minimum atomic E-state index is 0.343. The van der Waals surface area contributed by atoms with Crippen molar-refractivity contribution in [1.82, 2.24) is 4.98 Å². The van der Waals surface area contributed by atoms with Crippen LogP contribution in [0.1, 0.15) is 23.7 Å². The summed E-state index contributed by atoms with van der Waals surface area (Å²) in [6, 6.07) is 3.80. The van der Waals surface area contributed by atoms with E-state index in [1.54, 1.807) is 6.07 Å². The van der Waals surface area contributed by atoms with E-state index < -0.39 is 0 Å². The fourth-order valence-corrected chi connectivity index (χ4v) is 1.83. The third-order valence-corrected chi connectivity index (χ3v) is 2.75. The number of hydrogen-bond donors (Lipinski definition) is 2. The number of nitrogens with one attached hydrogen (secondary N) is 1. The van der Waals surface area contributed by atoms with E-state index in [4.69, 9.17) is 0 Å². The van der Waals surface area contributed by atoms with Gasteiger partial charge in [0.1, 0.15) is 5.75 Å². The van der Waals surface area contributed by atoms with E-state index in [2.05, 4.69) is 11.9 Å². The van der Waals surface area contributed by atoms with Crippen LogP contribution in [-0.2, 0) is 0 Å². The van der Waals surface area contributed by atoms with E-state index >= 15 is 0 Å². The predicted molar refractivity (Wildman–Crippen MR) is 64.1 cm³/mol. The molecular weight excluding hydrogens is 186 g/mol. The van der Waals surface area contributed by atoms with Gasteiger partial charge in [-0.05, 0) is 44.0 Å². The van der Waals surface area contributed by atoms with Gasteiger partial charge in [-0.2, -0.15) is 0 Å². The number of fused-ring (bicyclic) bond motifs is 1. The van der Waals surface area contributed by atoms with E-state index in [0.29, 0.717) is 5.75 Å². The number of hydrogen-bond acceptors (Lipinski definition) is 1. The van der Waals surface area contributed by atoms with Gasteiger partial charge in [-0.3, -0.25) is 0 Å². The molecule has 0 aliphatic rings. The SMILES string of the molecule is C/C=C\c1[nH]c2cc(O)c(C)cc2c1C. The highest BCUT2D eigenvalue weighted by Crippen LogP contribution is 2.28. The van der Waals surface area contributed by atoms with Gasteiger partial charge in [-0.25, -0.2) is 0 Å². The molecule has 0 spiro atoms. The molecule has 0 saturated heterocycles. The molecule has 15 heavy (non-hydrogen) atoms. The minimum Gasteiger partial charge on any atom is -0.508 e. The summed E-state index contributed by atoms with van der Waals surface area (Å²) in [7, 11) is 0. The molecule has 2 N–H and O–H groups in total. The van der Waals surface area contributed by atoms with Gasteiger partial charge in [0, 0.05) is 22.7 Å². The number of aromatic amines is 1. The molecule has 0 unspecified atom stereocenters. The van der Waals surface area contributed by atoms with Crippen LogP contribution in [0.2, 0.25) is 0 Å². The number of aryl methyl sites for hydroxylation is 2. The molecule has 0 radical (unpaired) electrons. The van der Waals surface area contributed by atoms with Gasteiger partial charge in [-0.1, -0.05) is 6.08 Å². The third-order valence-electron chi connectivity index (χ3n) is 2.75. The van der Waals surface area contributed by atoms with Crippen LogP contribution in [0, 0.1) is 13.8 Å². The van der Waals surface area contributed by atoms with Crippen molar-refractivity contribution in [2.24, 2.45) is 0 Å². The Bertz CT molecular complexity index is 535. The molecule has 0 fully saturated rings. The predicted octanol–water partition coefficient (Wildman–Crippen LogP) is 3.52. The molecule has 1 aromatic carbocycles. The molecular formula is C13H15NO. The zero-order valence-corrected chi connectivity index (χ0v) is 9.26. The molecule has 2 rings (SSSR count). The van der Waals surface area contributed by atoms with Gasteiger partial charge in [0.2, 0.25) is 0 Å². The van der Waals surface area contributed by atoms with E-state index in [9.17, 15) is 5.11 Å². The Labute approximate surface area is 89.3 Å². The molecule has 0 aliphatic heterocycles. The maximum Gasteiger partial charge on any atom is 0.120 e. The number of benzene rings is 1. The summed E-state index contributed by atoms with van der Waals surface area (Å²) in [5.41, 5.74) is 4.24. The van der Waals surface area contributed by atoms with Gasteiger partial charge in [0.25, 0.3) is 0 Å². The van der Waals surface area contributed by atoms with E-state index in [1.807, 2.05) is 32.1 Å². The Kier molecular flexibility index (Phi) is 2.27. The molecule has 0 bridgehead atoms. The summed E-state index contributed by atoms with van der Waals surface area (Å²) in [6.45, 7) is 5.99. The number of phenolic OH excluding ortho intramolecular Hbond substituents is 1. The first-order valence-electron chi connectivity index (χ1n) is 5.08. The van der Waals surface area contributed by atoms with E-state index in [1.165, 1.54) is 10.9 Å². The van der Waals surface area contributed by atoms with E-state index in [-0.39, 0.29) is 0 Å². The lowest BCUT2D eigenvalue weighted by Gasteiger charge is -1.98. The van der Waals surface area contributed by atoms with Crippen molar-refractivity contribution in [3.8, 4) is 5.75 Å². The summed E-state index contributed by atoms with van der Waals surface area (Å²) >= 11 is 0. The Hall–Kier alpha value is -1.70. The van der Waals surface area contributed by atoms with Gasteiger partial charge in [-0.15, -0.1) is 0 Å². The van der Waals surface area contributed by atoms with Crippen molar-refractivity contribution >= 4 is 17.0 Å². The van der Waals surface area contributed by atoms with Crippen LogP contribution >= 0.6 is 0 Å². The third kappa shape index (κ3) is 1.52. The molecule has 78 valence electrons. The molecule has 0 atom stereocenters. The maximum absolute atomic E-state index is 9.61. The second-order valence-corrected chi connectivity index (χ2v) is 3.85. The molecule has 1 heterocycles. The Morgan fingerprint density at radius 2 is 2.00 bits per heavy atom. The topological polar surface area (TPSA) is 36.0 Å². The van der Waals surface area contributed by atoms with Crippen molar-refractivity contribution in [3.05, 3.63) is 35.0 Å². The summed E-state index contributed by atoms with van der Waals surface area (Å²) in [5.74, 6) is 0.343. The number of H-pyrrole nitrogens is 1. The van der Waals surface area contributed by atoms with Crippen LogP contribution in [0.5, 0.6) is 5.75 Å². The second-order valence-electron chi connectivity index (χ2n) is 3.85. The van der Waals surface area contributed by atoms with Crippen LogP contribution in [0.4, 0.5) is 0 Å². The van der Waals surface area contributed by atoms with Crippen LogP contribution in [0.15, 0.2) is 18.2 Å². The first kappa shape index (κ1) is 9.84. The van der Waals surface area contributed by atoms with Crippen molar-refractivity contribution in [3.63, 3.8) is 0 Å². The Morgan fingerprint density at radius 3 is 2.67 bits per heavy atom. The number of aromatic nitrogens is 1. The highest BCUT2D eigenvalue weighted by atomic mass is 16.3. The number of allylic oxidation sites excluding steroid dienone is 1. The van der Waals surface area contributed by atoms with Gasteiger partial charge >= 0.3 is 0 Å². The quantitative estimate of drug-likeness (QED) is 0.727. The van der Waals surface area contributed by atoms with Crippen molar-refractivity contribution in [1.29, 1.82) is 0 Å². The summed E-state index contributed by atoms with van der Waals surface area (Å²) in [4.78, 5) is 3.29. The normalized spacial score (nSPS) is 11.7. The molecule has 1 aromatic heterocycles. The standard InChI is InChI=1S/C13H15NO/c1-4-5-11-9(3)10-6-8(2)13(15)7-12(10)14-11/h4-7,14-15H,1-3H3/b5-4-.